The van der Waals surface area contributed by atoms with Crippen LogP contribution in [0.5, 0.6) is 0 Å². The Balaban J connectivity index is 1.95. The van der Waals surface area contributed by atoms with E-state index in [0.717, 1.165) is 5.56 Å². The van der Waals surface area contributed by atoms with E-state index in [-0.39, 0.29) is 10.8 Å². The molecule has 2 atom stereocenters. The van der Waals surface area contributed by atoms with Gasteiger partial charge < -0.3 is 9.12 Å². The fourth-order valence-electron chi connectivity index (χ4n) is 2.92. The van der Waals surface area contributed by atoms with Crippen LogP contribution in [0, 0.1) is 0 Å². The van der Waals surface area contributed by atoms with Crippen LogP contribution >= 0.6 is 0 Å². The number of hydrogen-bond donors (Lipinski definition) is 1. The van der Waals surface area contributed by atoms with Crippen molar-refractivity contribution in [1.29, 1.82) is 0 Å². The molecule has 1 heterocycles. The molecule has 25 heavy (non-hydrogen) atoms. The highest BCUT2D eigenvalue weighted by atomic mass is 32.2. The fourth-order valence-corrected chi connectivity index (χ4v) is 3.73. The zero-order chi connectivity index (χ0) is 18.2. The van der Waals surface area contributed by atoms with Crippen LogP contribution in [0.15, 0.2) is 54.7 Å². The minimum atomic E-state index is -1.09. The van der Waals surface area contributed by atoms with E-state index < -0.39 is 11.4 Å². The van der Waals surface area contributed by atoms with Crippen LogP contribution in [-0.4, -0.2) is 13.9 Å². The predicted molar refractivity (Wildman–Crippen MR) is 108 cm³/mol. The van der Waals surface area contributed by atoms with Gasteiger partial charge in [0.15, 0.2) is 0 Å². The zero-order valence-corrected chi connectivity index (χ0v) is 16.4. The van der Waals surface area contributed by atoms with Gasteiger partial charge >= 0.3 is 0 Å². The third kappa shape index (κ3) is 3.76. The maximum Gasteiger partial charge on any atom is 0.136 e. The van der Waals surface area contributed by atoms with Crippen molar-refractivity contribution in [3.8, 4) is 11.1 Å². The lowest BCUT2D eigenvalue weighted by Gasteiger charge is -2.26. The first-order valence-corrected chi connectivity index (χ1v) is 9.75. The highest BCUT2D eigenvalue weighted by Crippen LogP contribution is 2.32. The molecule has 3 nitrogen and oxygen atoms in total. The summed E-state index contributed by atoms with van der Waals surface area (Å²) < 4.78 is 17.5. The minimum absolute atomic E-state index is 0.0273. The standard InChI is InChI=1S/C21H26N2OS/c1-15(22-25(24)21(2,3)4)17-11-12-18-19(14-23(5)20(18)13-17)16-9-7-6-8-10-16/h6-15,22H,1-5H3/t15-,25?/m0/s1. The number of benzene rings is 2. The van der Waals surface area contributed by atoms with E-state index in [1.807, 2.05) is 26.8 Å². The molecule has 4 heteroatoms. The van der Waals surface area contributed by atoms with Gasteiger partial charge in [0.2, 0.25) is 0 Å². The second-order valence-corrected chi connectivity index (χ2v) is 9.51. The normalized spacial score (nSPS) is 14.6. The molecule has 0 aliphatic heterocycles. The lowest BCUT2D eigenvalue weighted by atomic mass is 10.0. The molecule has 0 saturated heterocycles. The summed E-state index contributed by atoms with van der Waals surface area (Å²) in [6.45, 7) is 8.01. The fraction of sp³-hybridized carbons (Fsp3) is 0.333. The number of aryl methyl sites for hydroxylation is 1. The molecule has 1 aromatic heterocycles. The average molecular weight is 355 g/mol. The van der Waals surface area contributed by atoms with Crippen LogP contribution in [-0.2, 0) is 18.4 Å². The van der Waals surface area contributed by atoms with Gasteiger partial charge in [-0.3, -0.25) is 0 Å². The largest absolute Gasteiger partial charge is 0.598 e. The summed E-state index contributed by atoms with van der Waals surface area (Å²) in [5, 5.41) is 1.24. The molecule has 0 saturated carbocycles. The third-order valence-corrected chi connectivity index (χ3v) is 6.12. The van der Waals surface area contributed by atoms with Crippen molar-refractivity contribution in [1.82, 2.24) is 9.29 Å². The first kappa shape index (κ1) is 18.1. The Morgan fingerprint density at radius 1 is 1.08 bits per heavy atom. The monoisotopic (exact) mass is 354 g/mol. The maximum atomic E-state index is 12.4. The smallest absolute Gasteiger partial charge is 0.136 e. The maximum absolute atomic E-state index is 12.4. The quantitative estimate of drug-likeness (QED) is 0.673. The topological polar surface area (TPSA) is 40.0 Å². The van der Waals surface area contributed by atoms with Crippen molar-refractivity contribution < 1.29 is 4.55 Å². The molecule has 1 N–H and O–H groups in total. The predicted octanol–water partition coefficient (Wildman–Crippen LogP) is 4.96. The van der Waals surface area contributed by atoms with Crippen molar-refractivity contribution in [3.63, 3.8) is 0 Å². The third-order valence-electron chi connectivity index (χ3n) is 4.44. The van der Waals surface area contributed by atoms with Crippen molar-refractivity contribution in [3.05, 3.63) is 60.3 Å². The highest BCUT2D eigenvalue weighted by Gasteiger charge is 2.28. The molecule has 0 fully saturated rings. The van der Waals surface area contributed by atoms with E-state index >= 15 is 0 Å². The van der Waals surface area contributed by atoms with Gasteiger partial charge in [-0.05, 0) is 44.9 Å². The Bertz CT molecular complexity index is 865. The molecule has 0 spiro atoms. The summed E-state index contributed by atoms with van der Waals surface area (Å²) in [6.07, 6.45) is 2.18. The number of nitrogens with zero attached hydrogens (tertiary/aromatic N) is 1. The van der Waals surface area contributed by atoms with E-state index in [1.54, 1.807) is 0 Å². The summed E-state index contributed by atoms with van der Waals surface area (Å²) in [4.78, 5) is 0. The second kappa shape index (κ2) is 6.87. The van der Waals surface area contributed by atoms with Gasteiger partial charge in [0.05, 0.1) is 6.04 Å². The van der Waals surface area contributed by atoms with Crippen LogP contribution in [0.2, 0.25) is 0 Å². The van der Waals surface area contributed by atoms with E-state index in [4.69, 9.17) is 0 Å². The Labute approximate surface area is 153 Å². The van der Waals surface area contributed by atoms with Crippen LogP contribution in [0.1, 0.15) is 39.3 Å². The number of fused-ring (bicyclic) bond motifs is 1. The van der Waals surface area contributed by atoms with Gasteiger partial charge in [0.25, 0.3) is 0 Å². The SMILES string of the molecule is C[C@H](N[S+]([O-])C(C)(C)C)c1ccc2c(-c3ccccc3)cn(C)c2c1. The summed E-state index contributed by atoms with van der Waals surface area (Å²) >= 11 is -1.09. The minimum Gasteiger partial charge on any atom is -0.598 e. The average Bonchev–Trinajstić information content (AvgIpc) is 2.91. The Kier molecular flexibility index (Phi) is 4.96. The molecule has 3 rings (SSSR count). The molecule has 0 bridgehead atoms. The first-order valence-electron chi connectivity index (χ1n) is 8.60. The molecule has 1 unspecified atom stereocenters. The molecular formula is C21H26N2OS. The second-order valence-electron chi connectivity index (χ2n) is 7.52. The molecule has 0 aliphatic rings. The molecule has 3 aromatic rings. The van der Waals surface area contributed by atoms with Crippen LogP contribution < -0.4 is 4.72 Å². The lowest BCUT2D eigenvalue weighted by Crippen LogP contribution is -2.40. The zero-order valence-electron chi connectivity index (χ0n) is 15.5. The van der Waals surface area contributed by atoms with E-state index in [2.05, 4.69) is 71.9 Å². The van der Waals surface area contributed by atoms with Gasteiger partial charge in [-0.25, -0.2) is 0 Å². The lowest BCUT2D eigenvalue weighted by molar-refractivity contribution is 0.531. The Morgan fingerprint density at radius 3 is 2.40 bits per heavy atom. The molecule has 132 valence electrons. The van der Waals surface area contributed by atoms with Crippen LogP contribution in [0.25, 0.3) is 22.0 Å². The first-order chi connectivity index (χ1) is 11.8. The van der Waals surface area contributed by atoms with Crippen LogP contribution in [0.3, 0.4) is 0 Å². The Hall–Kier alpha value is -1.75. The van der Waals surface area contributed by atoms with E-state index in [0.29, 0.717) is 0 Å². The number of hydrogen-bond acceptors (Lipinski definition) is 2. The molecule has 2 aromatic carbocycles. The Morgan fingerprint density at radius 2 is 1.76 bits per heavy atom. The summed E-state index contributed by atoms with van der Waals surface area (Å²) in [7, 11) is 2.07. The van der Waals surface area contributed by atoms with Gasteiger partial charge in [-0.2, -0.15) is 0 Å². The molecule has 0 amide bonds. The van der Waals surface area contributed by atoms with Crippen molar-refractivity contribution in [2.24, 2.45) is 7.05 Å². The summed E-state index contributed by atoms with van der Waals surface area (Å²) in [5.74, 6) is 0. The van der Waals surface area contributed by atoms with E-state index in [9.17, 15) is 4.55 Å². The number of aromatic nitrogens is 1. The van der Waals surface area contributed by atoms with Crippen LogP contribution in [0.4, 0.5) is 0 Å². The highest BCUT2D eigenvalue weighted by molar-refractivity contribution is 7.90. The van der Waals surface area contributed by atoms with Gasteiger partial charge in [0, 0.05) is 41.1 Å². The van der Waals surface area contributed by atoms with Crippen molar-refractivity contribution >= 4 is 22.3 Å². The van der Waals surface area contributed by atoms with Crippen molar-refractivity contribution in [2.45, 2.75) is 38.5 Å². The van der Waals surface area contributed by atoms with Gasteiger partial charge in [-0.1, -0.05) is 42.5 Å². The van der Waals surface area contributed by atoms with Gasteiger partial charge in [0.1, 0.15) is 4.75 Å². The molecular weight excluding hydrogens is 328 g/mol. The van der Waals surface area contributed by atoms with Gasteiger partial charge in [-0.15, -0.1) is 4.72 Å². The molecule has 0 radical (unpaired) electrons. The van der Waals surface area contributed by atoms with E-state index in [1.165, 1.54) is 22.0 Å². The van der Waals surface area contributed by atoms with Crippen molar-refractivity contribution in [2.75, 3.05) is 0 Å². The summed E-state index contributed by atoms with van der Waals surface area (Å²) in [6, 6.07) is 17.0. The summed E-state index contributed by atoms with van der Waals surface area (Å²) in [5.41, 5.74) is 4.79. The molecule has 0 aliphatic carbocycles. The number of nitrogens with one attached hydrogen (secondary N) is 1. The number of rotatable bonds is 4.